The molecule has 0 aliphatic carbocycles. The minimum absolute atomic E-state index is 0.178. The van der Waals surface area contributed by atoms with Gasteiger partial charge in [-0.3, -0.25) is 0 Å². The summed E-state index contributed by atoms with van der Waals surface area (Å²) in [4.78, 5) is 1.19. The molecule has 0 aliphatic heterocycles. The van der Waals surface area contributed by atoms with E-state index < -0.39 is 0 Å². The number of halogens is 3. The number of benzene rings is 1. The molecule has 0 bridgehead atoms. The molecular formula is C12H10Br2FNS. The van der Waals surface area contributed by atoms with Crippen molar-refractivity contribution in [2.45, 2.75) is 12.5 Å². The first-order valence-corrected chi connectivity index (χ1v) is 7.46. The second-order valence-corrected chi connectivity index (χ2v) is 6.48. The summed E-state index contributed by atoms with van der Waals surface area (Å²) in [5.41, 5.74) is 6.88. The van der Waals surface area contributed by atoms with E-state index in [0.29, 0.717) is 4.47 Å². The molecule has 1 aromatic carbocycles. The van der Waals surface area contributed by atoms with Crippen LogP contribution in [-0.2, 0) is 6.42 Å². The summed E-state index contributed by atoms with van der Waals surface area (Å²) in [6.45, 7) is 0. The van der Waals surface area contributed by atoms with Crippen LogP contribution in [0.15, 0.2) is 38.6 Å². The van der Waals surface area contributed by atoms with E-state index in [1.165, 1.54) is 10.9 Å². The van der Waals surface area contributed by atoms with Gasteiger partial charge in [0, 0.05) is 27.2 Å². The maximum Gasteiger partial charge on any atom is 0.137 e. The summed E-state index contributed by atoms with van der Waals surface area (Å²) in [5.74, 6) is -0.273. The SMILES string of the molecule is NC(Cc1cc(Br)cs1)c1ccc(Br)c(F)c1. The van der Waals surface area contributed by atoms with Gasteiger partial charge in [-0.25, -0.2) is 4.39 Å². The van der Waals surface area contributed by atoms with Crippen LogP contribution in [0, 0.1) is 5.82 Å². The van der Waals surface area contributed by atoms with Crippen LogP contribution in [0.3, 0.4) is 0 Å². The number of hydrogen-bond acceptors (Lipinski definition) is 2. The Hall–Kier alpha value is -0.230. The zero-order valence-electron chi connectivity index (χ0n) is 8.79. The van der Waals surface area contributed by atoms with E-state index in [0.717, 1.165) is 16.5 Å². The molecule has 90 valence electrons. The average Bonchev–Trinajstić information content (AvgIpc) is 2.68. The number of thiophene rings is 1. The molecule has 1 atom stereocenters. The highest BCUT2D eigenvalue weighted by atomic mass is 79.9. The van der Waals surface area contributed by atoms with Gasteiger partial charge in [0.05, 0.1) is 4.47 Å². The molecule has 0 radical (unpaired) electrons. The summed E-state index contributed by atoms with van der Waals surface area (Å²) in [5, 5.41) is 2.02. The Morgan fingerprint density at radius 1 is 1.29 bits per heavy atom. The molecule has 2 aromatic rings. The number of rotatable bonds is 3. The molecule has 2 N–H and O–H groups in total. The van der Waals surface area contributed by atoms with E-state index in [9.17, 15) is 4.39 Å². The van der Waals surface area contributed by atoms with Gasteiger partial charge in [-0.1, -0.05) is 6.07 Å². The molecule has 0 spiro atoms. The van der Waals surface area contributed by atoms with Crippen molar-refractivity contribution in [3.63, 3.8) is 0 Å². The fourth-order valence-corrected chi connectivity index (χ4v) is 3.30. The second-order valence-electron chi connectivity index (χ2n) is 3.72. The molecule has 1 aromatic heterocycles. The van der Waals surface area contributed by atoms with E-state index in [-0.39, 0.29) is 11.9 Å². The Labute approximate surface area is 120 Å². The summed E-state index contributed by atoms with van der Waals surface area (Å²) in [7, 11) is 0. The minimum Gasteiger partial charge on any atom is -0.324 e. The smallest absolute Gasteiger partial charge is 0.137 e. The summed E-state index contributed by atoms with van der Waals surface area (Å²) < 4.78 is 14.9. The normalized spacial score (nSPS) is 12.7. The molecule has 1 unspecified atom stereocenters. The number of hydrogen-bond donors (Lipinski definition) is 1. The first-order valence-electron chi connectivity index (χ1n) is 4.99. The van der Waals surface area contributed by atoms with Crippen molar-refractivity contribution in [2.75, 3.05) is 0 Å². The lowest BCUT2D eigenvalue weighted by atomic mass is 10.0. The molecule has 0 fully saturated rings. The van der Waals surface area contributed by atoms with Crippen LogP contribution < -0.4 is 5.73 Å². The van der Waals surface area contributed by atoms with Gasteiger partial charge in [-0.2, -0.15) is 0 Å². The quantitative estimate of drug-likeness (QED) is 0.826. The molecular weight excluding hydrogens is 369 g/mol. The van der Waals surface area contributed by atoms with Gasteiger partial charge in [0.2, 0.25) is 0 Å². The van der Waals surface area contributed by atoms with Gasteiger partial charge in [0.25, 0.3) is 0 Å². The van der Waals surface area contributed by atoms with Crippen molar-refractivity contribution in [3.8, 4) is 0 Å². The molecule has 1 nitrogen and oxygen atoms in total. The van der Waals surface area contributed by atoms with Gasteiger partial charge >= 0.3 is 0 Å². The number of nitrogens with two attached hydrogens (primary N) is 1. The minimum atomic E-state index is -0.273. The highest BCUT2D eigenvalue weighted by Crippen LogP contribution is 2.26. The Morgan fingerprint density at radius 3 is 2.65 bits per heavy atom. The van der Waals surface area contributed by atoms with Crippen molar-refractivity contribution in [2.24, 2.45) is 5.73 Å². The Balaban J connectivity index is 2.14. The van der Waals surface area contributed by atoms with Crippen molar-refractivity contribution in [1.82, 2.24) is 0 Å². The van der Waals surface area contributed by atoms with E-state index >= 15 is 0 Å². The van der Waals surface area contributed by atoms with Gasteiger partial charge in [-0.05, 0) is 55.6 Å². The zero-order valence-corrected chi connectivity index (χ0v) is 12.8. The predicted molar refractivity (Wildman–Crippen MR) is 76.8 cm³/mol. The van der Waals surface area contributed by atoms with E-state index in [1.807, 2.05) is 17.5 Å². The Morgan fingerprint density at radius 2 is 2.06 bits per heavy atom. The lowest BCUT2D eigenvalue weighted by molar-refractivity contribution is 0.612. The van der Waals surface area contributed by atoms with Crippen LogP contribution in [0.1, 0.15) is 16.5 Å². The highest BCUT2D eigenvalue weighted by Gasteiger charge is 2.10. The molecule has 0 amide bonds. The molecule has 5 heteroatoms. The van der Waals surface area contributed by atoms with Crippen LogP contribution >= 0.6 is 43.2 Å². The fraction of sp³-hybridized carbons (Fsp3) is 0.167. The largest absolute Gasteiger partial charge is 0.324 e. The molecule has 1 heterocycles. The van der Waals surface area contributed by atoms with Crippen LogP contribution in [0.2, 0.25) is 0 Å². The Bertz CT molecular complexity index is 527. The van der Waals surface area contributed by atoms with Gasteiger partial charge in [0.1, 0.15) is 5.82 Å². The van der Waals surface area contributed by atoms with Crippen LogP contribution in [0.4, 0.5) is 4.39 Å². The third-order valence-corrected chi connectivity index (χ3v) is 4.78. The summed E-state index contributed by atoms with van der Waals surface area (Å²) in [6, 6.07) is 6.88. The maximum atomic E-state index is 13.4. The summed E-state index contributed by atoms with van der Waals surface area (Å²) >= 11 is 8.18. The third kappa shape index (κ3) is 3.37. The zero-order chi connectivity index (χ0) is 12.4. The third-order valence-electron chi connectivity index (χ3n) is 2.41. The van der Waals surface area contributed by atoms with Gasteiger partial charge in [-0.15, -0.1) is 11.3 Å². The fourth-order valence-electron chi connectivity index (χ4n) is 1.54. The van der Waals surface area contributed by atoms with Gasteiger partial charge in [0.15, 0.2) is 0 Å². The standard InChI is InChI=1S/C12H10Br2FNS/c13-8-4-9(17-6-8)5-12(16)7-1-2-10(14)11(15)3-7/h1-4,6,12H,5,16H2. The van der Waals surface area contributed by atoms with E-state index in [1.54, 1.807) is 17.4 Å². The molecule has 17 heavy (non-hydrogen) atoms. The lowest BCUT2D eigenvalue weighted by Crippen LogP contribution is -2.12. The predicted octanol–water partition coefficient (Wildman–Crippen LogP) is 4.65. The second kappa shape index (κ2) is 5.61. The maximum absolute atomic E-state index is 13.4. The molecule has 2 rings (SSSR count). The van der Waals surface area contributed by atoms with Crippen molar-refractivity contribution in [1.29, 1.82) is 0 Å². The molecule has 0 saturated carbocycles. The van der Waals surface area contributed by atoms with Crippen molar-refractivity contribution >= 4 is 43.2 Å². The summed E-state index contributed by atoms with van der Waals surface area (Å²) in [6.07, 6.45) is 0.720. The monoisotopic (exact) mass is 377 g/mol. The topological polar surface area (TPSA) is 26.0 Å². The van der Waals surface area contributed by atoms with Crippen LogP contribution in [-0.4, -0.2) is 0 Å². The first kappa shape index (κ1) is 13.2. The van der Waals surface area contributed by atoms with E-state index in [2.05, 4.69) is 31.9 Å². The van der Waals surface area contributed by atoms with Crippen molar-refractivity contribution in [3.05, 3.63) is 54.8 Å². The lowest BCUT2D eigenvalue weighted by Gasteiger charge is -2.11. The first-order chi connectivity index (χ1) is 8.06. The highest BCUT2D eigenvalue weighted by molar-refractivity contribution is 9.10. The van der Waals surface area contributed by atoms with Crippen molar-refractivity contribution < 1.29 is 4.39 Å². The van der Waals surface area contributed by atoms with E-state index in [4.69, 9.17) is 5.73 Å². The van der Waals surface area contributed by atoms with Gasteiger partial charge < -0.3 is 5.73 Å². The van der Waals surface area contributed by atoms with Crippen LogP contribution in [0.5, 0.6) is 0 Å². The molecule has 0 saturated heterocycles. The molecule has 0 aliphatic rings. The Kier molecular flexibility index (Phi) is 4.36. The van der Waals surface area contributed by atoms with Crippen LogP contribution in [0.25, 0.3) is 0 Å². The average molecular weight is 379 g/mol.